The molecule has 0 radical (unpaired) electrons. The molecule has 0 aliphatic rings. The Morgan fingerprint density at radius 1 is 1.32 bits per heavy atom. The molecule has 3 heteroatoms. The van der Waals surface area contributed by atoms with Crippen LogP contribution >= 0.6 is 0 Å². The zero-order chi connectivity index (χ0) is 14.3. The van der Waals surface area contributed by atoms with E-state index in [9.17, 15) is 9.90 Å². The van der Waals surface area contributed by atoms with Gasteiger partial charge in [0.25, 0.3) is 0 Å². The van der Waals surface area contributed by atoms with E-state index >= 15 is 0 Å². The number of rotatable bonds is 8. The second kappa shape index (κ2) is 7.29. The number of carbonyl (C=O) groups is 1. The van der Waals surface area contributed by atoms with Crippen molar-refractivity contribution in [3.63, 3.8) is 0 Å². The molecule has 3 nitrogen and oxygen atoms in total. The minimum atomic E-state index is -0.756. The lowest BCUT2D eigenvalue weighted by Gasteiger charge is -2.36. The molecule has 0 fully saturated rings. The Morgan fingerprint density at radius 3 is 2.42 bits per heavy atom. The van der Waals surface area contributed by atoms with Gasteiger partial charge in [-0.15, -0.1) is 0 Å². The van der Waals surface area contributed by atoms with Gasteiger partial charge in [-0.3, -0.25) is 4.79 Å². The summed E-state index contributed by atoms with van der Waals surface area (Å²) in [6.45, 7) is 7.19. The summed E-state index contributed by atoms with van der Waals surface area (Å²) in [6, 6.07) is 9.95. The monoisotopic (exact) mass is 263 g/mol. The molecule has 0 saturated heterocycles. The number of hydrogen-bond donors (Lipinski definition) is 2. The molecule has 0 spiro atoms. The molecule has 106 valence electrons. The second-order valence-electron chi connectivity index (χ2n) is 5.54. The zero-order valence-corrected chi connectivity index (χ0v) is 12.1. The van der Waals surface area contributed by atoms with Crippen molar-refractivity contribution in [1.82, 2.24) is 5.32 Å². The van der Waals surface area contributed by atoms with E-state index in [-0.39, 0.29) is 6.42 Å². The highest BCUT2D eigenvalue weighted by Gasteiger charge is 2.34. The quantitative estimate of drug-likeness (QED) is 0.755. The predicted octanol–water partition coefficient (Wildman–Crippen LogP) is 3.40. The van der Waals surface area contributed by atoms with Gasteiger partial charge < -0.3 is 10.4 Å². The van der Waals surface area contributed by atoms with E-state index in [1.54, 1.807) is 0 Å². The lowest BCUT2D eigenvalue weighted by Crippen LogP contribution is -2.45. The van der Waals surface area contributed by atoms with Crippen LogP contribution in [0.3, 0.4) is 0 Å². The highest BCUT2D eigenvalue weighted by Crippen LogP contribution is 2.32. The van der Waals surface area contributed by atoms with Crippen molar-refractivity contribution in [3.8, 4) is 0 Å². The van der Waals surface area contributed by atoms with Crippen LogP contribution in [0.5, 0.6) is 0 Å². The molecule has 1 unspecified atom stereocenters. The highest BCUT2D eigenvalue weighted by atomic mass is 16.4. The Hall–Kier alpha value is -1.35. The van der Waals surface area contributed by atoms with Crippen LogP contribution in [0.2, 0.25) is 0 Å². The van der Waals surface area contributed by atoms with Gasteiger partial charge in [-0.25, -0.2) is 0 Å². The van der Waals surface area contributed by atoms with Crippen molar-refractivity contribution in [2.45, 2.75) is 45.6 Å². The van der Waals surface area contributed by atoms with Crippen molar-refractivity contribution in [1.29, 1.82) is 0 Å². The van der Waals surface area contributed by atoms with E-state index in [0.717, 1.165) is 24.9 Å². The van der Waals surface area contributed by atoms with E-state index < -0.39 is 11.5 Å². The summed E-state index contributed by atoms with van der Waals surface area (Å²) in [5.41, 5.74) is 0.608. The maximum absolute atomic E-state index is 11.3. The smallest absolute Gasteiger partial charge is 0.305 e. The first-order valence-electron chi connectivity index (χ1n) is 7.02. The molecule has 0 aliphatic heterocycles. The third-order valence-corrected chi connectivity index (χ3v) is 3.25. The van der Waals surface area contributed by atoms with Crippen LogP contribution in [0.4, 0.5) is 0 Å². The van der Waals surface area contributed by atoms with Gasteiger partial charge >= 0.3 is 5.97 Å². The van der Waals surface area contributed by atoms with Crippen LogP contribution in [0.1, 0.15) is 45.6 Å². The molecule has 0 saturated carbocycles. The van der Waals surface area contributed by atoms with Crippen LogP contribution in [-0.4, -0.2) is 17.6 Å². The van der Waals surface area contributed by atoms with Crippen LogP contribution < -0.4 is 5.32 Å². The summed E-state index contributed by atoms with van der Waals surface area (Å²) in [4.78, 5) is 11.3. The second-order valence-corrected chi connectivity index (χ2v) is 5.54. The van der Waals surface area contributed by atoms with E-state index in [4.69, 9.17) is 0 Å². The molecular formula is C16H25NO2. The molecule has 2 N–H and O–H groups in total. The Labute approximate surface area is 116 Å². The average molecular weight is 263 g/mol. The summed E-state index contributed by atoms with van der Waals surface area (Å²) >= 11 is 0. The Morgan fingerprint density at radius 2 is 1.95 bits per heavy atom. The normalized spacial score (nSPS) is 14.3. The summed E-state index contributed by atoms with van der Waals surface area (Å²) < 4.78 is 0. The number of carboxylic acid groups (broad SMARTS) is 1. The summed E-state index contributed by atoms with van der Waals surface area (Å²) in [6.07, 6.45) is 1.94. The number of carboxylic acids is 1. The molecule has 1 aromatic carbocycles. The number of benzene rings is 1. The predicted molar refractivity (Wildman–Crippen MR) is 78.1 cm³/mol. The van der Waals surface area contributed by atoms with Crippen molar-refractivity contribution in [2.24, 2.45) is 5.92 Å². The SMILES string of the molecule is CCCNC(CC(=O)O)(CC(C)C)c1ccccc1. The van der Waals surface area contributed by atoms with E-state index in [0.29, 0.717) is 5.92 Å². The third-order valence-electron chi connectivity index (χ3n) is 3.25. The summed E-state index contributed by atoms with van der Waals surface area (Å²) in [5.74, 6) is -0.322. The molecular weight excluding hydrogens is 238 g/mol. The lowest BCUT2D eigenvalue weighted by molar-refractivity contribution is -0.139. The molecule has 0 aliphatic carbocycles. The summed E-state index contributed by atoms with van der Waals surface area (Å²) in [7, 11) is 0. The van der Waals surface area contributed by atoms with Gasteiger partial charge in [0.05, 0.1) is 12.0 Å². The molecule has 0 amide bonds. The van der Waals surface area contributed by atoms with Crippen molar-refractivity contribution < 1.29 is 9.90 Å². The van der Waals surface area contributed by atoms with Crippen molar-refractivity contribution in [2.75, 3.05) is 6.54 Å². The molecule has 0 aromatic heterocycles. The van der Waals surface area contributed by atoms with Crippen LogP contribution in [0.15, 0.2) is 30.3 Å². The Kier molecular flexibility index (Phi) is 6.03. The first kappa shape index (κ1) is 15.7. The van der Waals surface area contributed by atoms with Gasteiger partial charge in [0.15, 0.2) is 0 Å². The fourth-order valence-electron chi connectivity index (χ4n) is 2.61. The molecule has 0 heterocycles. The van der Waals surface area contributed by atoms with Gasteiger partial charge in [-0.1, -0.05) is 51.1 Å². The lowest BCUT2D eigenvalue weighted by atomic mass is 9.79. The van der Waals surface area contributed by atoms with E-state index in [1.807, 2.05) is 30.3 Å². The fourth-order valence-corrected chi connectivity index (χ4v) is 2.61. The molecule has 0 bridgehead atoms. The van der Waals surface area contributed by atoms with Gasteiger partial charge in [0.1, 0.15) is 0 Å². The standard InChI is InChI=1S/C16H25NO2/c1-4-10-17-16(11-13(2)3,12-15(18)19)14-8-6-5-7-9-14/h5-9,13,17H,4,10-12H2,1-3H3,(H,18,19). The van der Waals surface area contributed by atoms with E-state index in [1.165, 1.54) is 0 Å². The van der Waals surface area contributed by atoms with Gasteiger partial charge in [-0.05, 0) is 30.9 Å². The average Bonchev–Trinajstić information content (AvgIpc) is 2.35. The maximum Gasteiger partial charge on any atom is 0.305 e. The Balaban J connectivity index is 3.12. The fraction of sp³-hybridized carbons (Fsp3) is 0.562. The van der Waals surface area contributed by atoms with E-state index in [2.05, 4.69) is 26.1 Å². The van der Waals surface area contributed by atoms with Crippen LogP contribution in [0.25, 0.3) is 0 Å². The molecule has 19 heavy (non-hydrogen) atoms. The minimum absolute atomic E-state index is 0.120. The zero-order valence-electron chi connectivity index (χ0n) is 12.1. The van der Waals surface area contributed by atoms with Gasteiger partial charge in [0, 0.05) is 0 Å². The molecule has 1 atom stereocenters. The van der Waals surface area contributed by atoms with Crippen molar-refractivity contribution >= 4 is 5.97 Å². The van der Waals surface area contributed by atoms with Crippen LogP contribution in [0, 0.1) is 5.92 Å². The first-order valence-corrected chi connectivity index (χ1v) is 7.02. The minimum Gasteiger partial charge on any atom is -0.481 e. The number of hydrogen-bond acceptors (Lipinski definition) is 2. The van der Waals surface area contributed by atoms with Crippen molar-refractivity contribution in [3.05, 3.63) is 35.9 Å². The number of aliphatic carboxylic acids is 1. The van der Waals surface area contributed by atoms with Gasteiger partial charge in [-0.2, -0.15) is 0 Å². The molecule has 1 rings (SSSR count). The highest BCUT2D eigenvalue weighted by molar-refractivity contribution is 5.69. The maximum atomic E-state index is 11.3. The topological polar surface area (TPSA) is 49.3 Å². The summed E-state index contributed by atoms with van der Waals surface area (Å²) in [5, 5.41) is 12.8. The number of nitrogens with one attached hydrogen (secondary N) is 1. The first-order chi connectivity index (χ1) is 9.00. The third kappa shape index (κ3) is 4.67. The Bertz CT molecular complexity index is 389. The van der Waals surface area contributed by atoms with Gasteiger partial charge in [0.2, 0.25) is 0 Å². The largest absolute Gasteiger partial charge is 0.481 e. The van der Waals surface area contributed by atoms with Crippen LogP contribution in [-0.2, 0) is 10.3 Å². The molecule has 1 aromatic rings.